The molecule has 0 fully saturated rings. The van der Waals surface area contributed by atoms with E-state index >= 15 is 0 Å². The third-order valence-electron chi connectivity index (χ3n) is 5.17. The van der Waals surface area contributed by atoms with Gasteiger partial charge in [-0.2, -0.15) is 0 Å². The van der Waals surface area contributed by atoms with Crippen LogP contribution in [-0.4, -0.2) is 46.8 Å². The van der Waals surface area contributed by atoms with E-state index in [9.17, 15) is 9.90 Å². The summed E-state index contributed by atoms with van der Waals surface area (Å²) >= 11 is 0. The fourth-order valence-electron chi connectivity index (χ4n) is 3.76. The minimum absolute atomic E-state index is 0.111. The van der Waals surface area contributed by atoms with E-state index in [0.717, 1.165) is 11.1 Å². The molecular weight excluding hydrogens is 368 g/mol. The van der Waals surface area contributed by atoms with Gasteiger partial charge in [0.05, 0.1) is 13.7 Å². The summed E-state index contributed by atoms with van der Waals surface area (Å²) in [6.45, 7) is 0.546. The Morgan fingerprint density at radius 3 is 2.59 bits per heavy atom. The number of fused-ring (bicyclic) bond motifs is 1. The molecule has 1 aliphatic heterocycles. The van der Waals surface area contributed by atoms with E-state index in [4.69, 9.17) is 9.47 Å². The van der Waals surface area contributed by atoms with E-state index in [-0.39, 0.29) is 25.1 Å². The molecule has 1 N–H and O–H groups in total. The standard InChI is InChI=1S/C23H24N2O4/c1-28-18-9-10-20-19(15-18)21(24-11-5-6-12-24)22(29-20)23(27)25(13-14-26)16-17-7-3-2-4-8-17/h2-12,15,21-22,26H,13-14,16H2,1H3. The van der Waals surface area contributed by atoms with Crippen molar-refractivity contribution in [2.45, 2.75) is 18.7 Å². The van der Waals surface area contributed by atoms with Crippen molar-refractivity contribution >= 4 is 5.91 Å². The van der Waals surface area contributed by atoms with Crippen LogP contribution >= 0.6 is 0 Å². The molecule has 29 heavy (non-hydrogen) atoms. The van der Waals surface area contributed by atoms with Gasteiger partial charge in [0.15, 0.2) is 0 Å². The van der Waals surface area contributed by atoms with Gasteiger partial charge in [-0.3, -0.25) is 4.79 Å². The zero-order chi connectivity index (χ0) is 20.2. The maximum Gasteiger partial charge on any atom is 0.266 e. The van der Waals surface area contributed by atoms with E-state index in [1.807, 2.05) is 77.6 Å². The lowest BCUT2D eigenvalue weighted by atomic mass is 10.0. The van der Waals surface area contributed by atoms with E-state index < -0.39 is 6.10 Å². The van der Waals surface area contributed by atoms with Gasteiger partial charge >= 0.3 is 0 Å². The molecule has 1 aromatic heterocycles. The minimum atomic E-state index is -0.722. The Bertz CT molecular complexity index is 956. The van der Waals surface area contributed by atoms with Gasteiger partial charge in [-0.25, -0.2) is 0 Å². The molecule has 0 saturated carbocycles. The number of amides is 1. The molecule has 6 heteroatoms. The molecule has 4 rings (SSSR count). The molecular formula is C23H24N2O4. The number of aliphatic hydroxyl groups excluding tert-OH is 1. The minimum Gasteiger partial charge on any atom is -0.497 e. The van der Waals surface area contributed by atoms with Crippen molar-refractivity contribution in [2.75, 3.05) is 20.3 Å². The predicted molar refractivity (Wildman–Crippen MR) is 109 cm³/mol. The highest BCUT2D eigenvalue weighted by Crippen LogP contribution is 2.42. The normalized spacial score (nSPS) is 17.4. The van der Waals surface area contributed by atoms with Crippen LogP contribution in [0.25, 0.3) is 0 Å². The lowest BCUT2D eigenvalue weighted by Gasteiger charge is -2.28. The van der Waals surface area contributed by atoms with Gasteiger partial charge < -0.3 is 24.0 Å². The largest absolute Gasteiger partial charge is 0.497 e. The van der Waals surface area contributed by atoms with Crippen molar-refractivity contribution in [1.29, 1.82) is 0 Å². The average molecular weight is 392 g/mol. The third-order valence-corrected chi connectivity index (χ3v) is 5.17. The molecule has 2 aromatic carbocycles. The predicted octanol–water partition coefficient (Wildman–Crippen LogP) is 2.87. The van der Waals surface area contributed by atoms with Gasteiger partial charge in [0.25, 0.3) is 5.91 Å². The van der Waals surface area contributed by atoms with Gasteiger partial charge in [-0.1, -0.05) is 30.3 Å². The van der Waals surface area contributed by atoms with E-state index in [0.29, 0.717) is 18.0 Å². The number of aromatic nitrogens is 1. The molecule has 1 amide bonds. The highest BCUT2D eigenvalue weighted by molar-refractivity contribution is 5.84. The van der Waals surface area contributed by atoms with Gasteiger partial charge in [0.2, 0.25) is 6.10 Å². The third kappa shape index (κ3) is 3.84. The van der Waals surface area contributed by atoms with Crippen LogP contribution in [0.2, 0.25) is 0 Å². The van der Waals surface area contributed by atoms with Crippen LogP contribution in [-0.2, 0) is 11.3 Å². The molecule has 0 aliphatic carbocycles. The summed E-state index contributed by atoms with van der Waals surface area (Å²) in [7, 11) is 1.62. The smallest absolute Gasteiger partial charge is 0.266 e. The fourth-order valence-corrected chi connectivity index (χ4v) is 3.76. The Kier molecular flexibility index (Phi) is 5.53. The first-order valence-electron chi connectivity index (χ1n) is 9.62. The maximum atomic E-state index is 13.5. The Balaban J connectivity index is 1.67. The summed E-state index contributed by atoms with van der Waals surface area (Å²) in [6.07, 6.45) is 3.13. The first kappa shape index (κ1) is 19.1. The van der Waals surface area contributed by atoms with Crippen molar-refractivity contribution in [1.82, 2.24) is 9.47 Å². The first-order valence-corrected chi connectivity index (χ1v) is 9.62. The van der Waals surface area contributed by atoms with Crippen LogP contribution in [0.4, 0.5) is 0 Å². The number of carbonyl (C=O) groups excluding carboxylic acids is 1. The molecule has 0 spiro atoms. The van der Waals surface area contributed by atoms with Gasteiger partial charge in [-0.15, -0.1) is 0 Å². The second-order valence-electron chi connectivity index (χ2n) is 6.99. The number of benzene rings is 2. The summed E-state index contributed by atoms with van der Waals surface area (Å²) in [4.78, 5) is 15.2. The van der Waals surface area contributed by atoms with Crippen LogP contribution in [0.3, 0.4) is 0 Å². The van der Waals surface area contributed by atoms with Gasteiger partial charge in [-0.05, 0) is 35.9 Å². The Morgan fingerprint density at radius 2 is 1.90 bits per heavy atom. The lowest BCUT2D eigenvalue weighted by Crippen LogP contribution is -2.45. The fraction of sp³-hybridized carbons (Fsp3) is 0.261. The molecule has 3 aromatic rings. The number of ether oxygens (including phenoxy) is 2. The SMILES string of the molecule is COc1ccc2c(c1)C(n1cccc1)C(C(=O)N(CCO)Cc1ccccc1)O2. The van der Waals surface area contributed by atoms with E-state index in [1.54, 1.807) is 12.0 Å². The first-order chi connectivity index (χ1) is 14.2. The molecule has 2 atom stereocenters. The zero-order valence-corrected chi connectivity index (χ0v) is 16.3. The summed E-state index contributed by atoms with van der Waals surface area (Å²) in [5.41, 5.74) is 1.91. The van der Waals surface area contributed by atoms with Crippen molar-refractivity contribution in [3.05, 3.63) is 84.2 Å². The summed E-state index contributed by atoms with van der Waals surface area (Å²) < 4.78 is 13.5. The number of aliphatic hydroxyl groups is 1. The lowest BCUT2D eigenvalue weighted by molar-refractivity contribution is -0.140. The highest BCUT2D eigenvalue weighted by Gasteiger charge is 2.42. The van der Waals surface area contributed by atoms with Crippen LogP contribution in [0.1, 0.15) is 17.2 Å². The molecule has 2 unspecified atom stereocenters. The topological polar surface area (TPSA) is 63.9 Å². The van der Waals surface area contributed by atoms with Crippen molar-refractivity contribution in [3.8, 4) is 11.5 Å². The number of carbonyl (C=O) groups is 1. The quantitative estimate of drug-likeness (QED) is 0.672. The monoisotopic (exact) mass is 392 g/mol. The second kappa shape index (κ2) is 8.41. The number of hydrogen-bond acceptors (Lipinski definition) is 4. The molecule has 0 saturated heterocycles. The number of nitrogens with zero attached hydrogens (tertiary/aromatic N) is 2. The summed E-state index contributed by atoms with van der Waals surface area (Å²) in [6, 6.07) is 18.9. The molecule has 6 nitrogen and oxygen atoms in total. The molecule has 150 valence electrons. The molecule has 2 heterocycles. The summed E-state index contributed by atoms with van der Waals surface area (Å²) in [5, 5.41) is 9.54. The van der Waals surface area contributed by atoms with Gasteiger partial charge in [0.1, 0.15) is 17.5 Å². The van der Waals surface area contributed by atoms with Crippen molar-refractivity contribution < 1.29 is 19.4 Å². The number of rotatable bonds is 7. The van der Waals surface area contributed by atoms with Crippen LogP contribution in [0.5, 0.6) is 11.5 Å². The Labute approximate surface area is 169 Å². The average Bonchev–Trinajstić information content (AvgIpc) is 3.40. The highest BCUT2D eigenvalue weighted by atomic mass is 16.5. The Hall–Kier alpha value is -3.25. The van der Waals surface area contributed by atoms with Gasteiger partial charge in [0, 0.05) is 31.0 Å². The molecule has 1 aliphatic rings. The number of hydrogen-bond donors (Lipinski definition) is 1. The molecule has 0 bridgehead atoms. The summed E-state index contributed by atoms with van der Waals surface area (Å²) in [5.74, 6) is 1.23. The zero-order valence-electron chi connectivity index (χ0n) is 16.3. The Morgan fingerprint density at radius 1 is 1.14 bits per heavy atom. The molecule has 0 radical (unpaired) electrons. The van der Waals surface area contributed by atoms with E-state index in [2.05, 4.69) is 0 Å². The van der Waals surface area contributed by atoms with Crippen LogP contribution in [0.15, 0.2) is 73.1 Å². The maximum absolute atomic E-state index is 13.5. The van der Waals surface area contributed by atoms with Crippen LogP contribution in [0, 0.1) is 0 Å². The number of methoxy groups -OCH3 is 1. The second-order valence-corrected chi connectivity index (χ2v) is 6.99. The van der Waals surface area contributed by atoms with Crippen LogP contribution < -0.4 is 9.47 Å². The van der Waals surface area contributed by atoms with Crippen molar-refractivity contribution in [3.63, 3.8) is 0 Å². The van der Waals surface area contributed by atoms with E-state index in [1.165, 1.54) is 0 Å². The van der Waals surface area contributed by atoms with Crippen molar-refractivity contribution in [2.24, 2.45) is 0 Å².